The Balaban J connectivity index is 1.49. The van der Waals surface area contributed by atoms with Gasteiger partial charge in [-0.25, -0.2) is 13.5 Å². The average Bonchev–Trinajstić information content (AvgIpc) is 3.44. The third kappa shape index (κ3) is 5.51. The van der Waals surface area contributed by atoms with Crippen LogP contribution in [0.15, 0.2) is 42.9 Å². The van der Waals surface area contributed by atoms with Crippen LogP contribution >= 0.6 is 0 Å². The molecule has 0 bridgehead atoms. The molecule has 4 rings (SSSR count). The van der Waals surface area contributed by atoms with Crippen molar-refractivity contribution in [1.29, 1.82) is 0 Å². The van der Waals surface area contributed by atoms with Gasteiger partial charge in [-0.1, -0.05) is 43.3 Å². The van der Waals surface area contributed by atoms with Crippen molar-refractivity contribution in [3.63, 3.8) is 0 Å². The van der Waals surface area contributed by atoms with Crippen LogP contribution in [0.2, 0.25) is 0 Å². The molecule has 2 N–H and O–H groups in total. The normalized spacial score (nSPS) is 19.2. The summed E-state index contributed by atoms with van der Waals surface area (Å²) in [5.41, 5.74) is 1.55. The van der Waals surface area contributed by atoms with E-state index < -0.39 is 41.8 Å². The summed E-state index contributed by atoms with van der Waals surface area (Å²) >= 11 is 0. The first-order valence-electron chi connectivity index (χ1n) is 12.1. The second-order valence-corrected chi connectivity index (χ2v) is 9.76. The molecule has 196 valence electrons. The van der Waals surface area contributed by atoms with Crippen LogP contribution in [0.5, 0.6) is 0 Å². The van der Waals surface area contributed by atoms with Gasteiger partial charge in [0.1, 0.15) is 12.1 Å². The number of rotatable bonds is 7. The zero-order valence-corrected chi connectivity index (χ0v) is 21.1. The number of benzene rings is 1. The zero-order valence-electron chi connectivity index (χ0n) is 21.1. The highest BCUT2D eigenvalue weighted by Gasteiger charge is 2.42. The Morgan fingerprint density at radius 2 is 1.76 bits per heavy atom. The molecule has 3 heterocycles. The number of nitrogens with zero attached hydrogens (tertiary/aromatic N) is 5. The minimum absolute atomic E-state index is 0.0416. The van der Waals surface area contributed by atoms with Crippen molar-refractivity contribution in [3.8, 4) is 11.1 Å². The first kappa shape index (κ1) is 26.3. The molecule has 0 aliphatic carbocycles. The van der Waals surface area contributed by atoms with Crippen LogP contribution in [-0.2, 0) is 9.59 Å². The Labute approximate surface area is 213 Å². The van der Waals surface area contributed by atoms with Crippen molar-refractivity contribution in [2.75, 3.05) is 6.54 Å². The number of β-amino-alcohol motifs (C(OH)–C–C–N with tert-alkyl or cyclic N) is 1. The topological polar surface area (TPSA) is 113 Å². The molecule has 3 aromatic rings. The van der Waals surface area contributed by atoms with E-state index in [1.807, 2.05) is 13.8 Å². The van der Waals surface area contributed by atoms with Gasteiger partial charge in [-0.3, -0.25) is 14.6 Å². The molecule has 4 atom stereocenters. The quantitative estimate of drug-likeness (QED) is 0.503. The molecular formula is C26H30F2N6O3. The van der Waals surface area contributed by atoms with Crippen LogP contribution in [0, 0.1) is 24.5 Å². The van der Waals surface area contributed by atoms with E-state index in [2.05, 4.69) is 20.6 Å². The number of hydrogen-bond donors (Lipinski definition) is 2. The van der Waals surface area contributed by atoms with Crippen LogP contribution in [0.1, 0.15) is 50.5 Å². The molecule has 1 aromatic carbocycles. The molecule has 1 aliphatic heterocycles. The zero-order chi connectivity index (χ0) is 26.9. The Kier molecular flexibility index (Phi) is 7.63. The molecule has 9 nitrogen and oxygen atoms in total. The number of hydrogen-bond acceptors (Lipinski definition) is 6. The Hall–Kier alpha value is -3.73. The fraction of sp³-hybridized carbons (Fsp3) is 0.423. The van der Waals surface area contributed by atoms with Gasteiger partial charge < -0.3 is 15.3 Å². The molecule has 1 fully saturated rings. The Morgan fingerprint density at radius 1 is 1.11 bits per heavy atom. The predicted molar refractivity (Wildman–Crippen MR) is 131 cm³/mol. The first-order valence-corrected chi connectivity index (χ1v) is 12.1. The van der Waals surface area contributed by atoms with Gasteiger partial charge in [-0.2, -0.15) is 0 Å². The summed E-state index contributed by atoms with van der Waals surface area (Å²) in [6, 6.07) is 4.52. The maximum Gasteiger partial charge on any atom is 0.248 e. The van der Waals surface area contributed by atoms with Crippen molar-refractivity contribution in [2.45, 2.75) is 58.3 Å². The van der Waals surface area contributed by atoms with E-state index in [1.54, 1.807) is 44.3 Å². The third-order valence-corrected chi connectivity index (χ3v) is 6.57. The van der Waals surface area contributed by atoms with Gasteiger partial charge in [0.2, 0.25) is 11.8 Å². The Bertz CT molecular complexity index is 1260. The SMILES string of the molecule is Cc1cn([C@H](C(=O)N2C[C@H](O)C[C@H]2C(=O)N[C@@H](C)c2ccc(-c3c(F)cncc3F)cc2)C(C)C)nn1. The molecule has 0 radical (unpaired) electrons. The number of amides is 2. The molecule has 0 unspecified atom stereocenters. The number of pyridine rings is 1. The van der Waals surface area contributed by atoms with Gasteiger partial charge in [0, 0.05) is 19.2 Å². The summed E-state index contributed by atoms with van der Waals surface area (Å²) in [6.45, 7) is 7.36. The molecule has 11 heteroatoms. The molecule has 0 saturated carbocycles. The van der Waals surface area contributed by atoms with Crippen LogP contribution in [0.3, 0.4) is 0 Å². The van der Waals surface area contributed by atoms with Crippen LogP contribution < -0.4 is 5.32 Å². The van der Waals surface area contributed by atoms with Crippen molar-refractivity contribution < 1.29 is 23.5 Å². The van der Waals surface area contributed by atoms with Gasteiger partial charge in [-0.05, 0) is 30.9 Å². The lowest BCUT2D eigenvalue weighted by Gasteiger charge is -2.30. The monoisotopic (exact) mass is 512 g/mol. The molecule has 2 aromatic heterocycles. The van der Waals surface area contributed by atoms with Crippen LogP contribution in [0.25, 0.3) is 11.1 Å². The number of carbonyl (C=O) groups excluding carboxylic acids is 2. The molecular weight excluding hydrogens is 482 g/mol. The largest absolute Gasteiger partial charge is 0.391 e. The lowest BCUT2D eigenvalue weighted by Crippen LogP contribution is -2.49. The van der Waals surface area contributed by atoms with E-state index in [-0.39, 0.29) is 30.4 Å². The summed E-state index contributed by atoms with van der Waals surface area (Å²) in [5.74, 6) is -2.36. The summed E-state index contributed by atoms with van der Waals surface area (Å²) in [7, 11) is 0. The number of likely N-dealkylation sites (tertiary alicyclic amines) is 1. The van der Waals surface area contributed by atoms with E-state index in [9.17, 15) is 23.5 Å². The first-order chi connectivity index (χ1) is 17.6. The van der Waals surface area contributed by atoms with Crippen molar-refractivity contribution in [2.24, 2.45) is 5.92 Å². The number of halogens is 2. The smallest absolute Gasteiger partial charge is 0.248 e. The van der Waals surface area contributed by atoms with Gasteiger partial charge in [-0.15, -0.1) is 5.10 Å². The van der Waals surface area contributed by atoms with E-state index in [0.29, 0.717) is 16.8 Å². The second-order valence-electron chi connectivity index (χ2n) is 9.76. The highest BCUT2D eigenvalue weighted by Crippen LogP contribution is 2.29. The fourth-order valence-corrected chi connectivity index (χ4v) is 4.70. The minimum Gasteiger partial charge on any atom is -0.391 e. The summed E-state index contributed by atoms with van der Waals surface area (Å²) in [5, 5.41) is 21.3. The fourth-order valence-electron chi connectivity index (χ4n) is 4.70. The number of aryl methyl sites for hydroxylation is 1. The highest BCUT2D eigenvalue weighted by molar-refractivity contribution is 5.90. The van der Waals surface area contributed by atoms with Crippen LogP contribution in [-0.4, -0.2) is 60.5 Å². The van der Waals surface area contributed by atoms with Gasteiger partial charge >= 0.3 is 0 Å². The highest BCUT2D eigenvalue weighted by atomic mass is 19.1. The summed E-state index contributed by atoms with van der Waals surface area (Å²) in [4.78, 5) is 31.7. The minimum atomic E-state index is -0.852. The maximum atomic E-state index is 14.1. The predicted octanol–water partition coefficient (Wildman–Crippen LogP) is 2.96. The number of aliphatic hydroxyl groups excluding tert-OH is 1. The molecule has 37 heavy (non-hydrogen) atoms. The van der Waals surface area contributed by atoms with E-state index in [4.69, 9.17) is 0 Å². The standard InChI is InChI=1S/C26H30F2N6O3/c1-14(2)24(34-12-15(3)31-32-34)26(37)33-13-19(35)9-22(33)25(36)30-16(4)17-5-7-18(8-6-17)23-20(27)10-29-11-21(23)28/h5-8,10-12,14,16,19,22,24,35H,9,13H2,1-4H3,(H,30,36)/t16-,19+,22-,24-/m0/s1. The van der Waals surface area contributed by atoms with Crippen molar-refractivity contribution in [3.05, 3.63) is 65.7 Å². The van der Waals surface area contributed by atoms with Gasteiger partial charge in [0.15, 0.2) is 11.6 Å². The van der Waals surface area contributed by atoms with E-state index in [0.717, 1.165) is 12.4 Å². The van der Waals surface area contributed by atoms with E-state index in [1.165, 1.54) is 9.58 Å². The van der Waals surface area contributed by atoms with Gasteiger partial charge in [0.05, 0.1) is 35.8 Å². The molecule has 0 spiro atoms. The molecule has 2 amide bonds. The second kappa shape index (κ2) is 10.7. The number of aliphatic hydroxyl groups is 1. The van der Waals surface area contributed by atoms with Crippen molar-refractivity contribution >= 4 is 11.8 Å². The van der Waals surface area contributed by atoms with Gasteiger partial charge in [0.25, 0.3) is 0 Å². The lowest BCUT2D eigenvalue weighted by molar-refractivity contribution is -0.142. The lowest BCUT2D eigenvalue weighted by atomic mass is 10.0. The summed E-state index contributed by atoms with van der Waals surface area (Å²) in [6.07, 6.45) is 2.87. The third-order valence-electron chi connectivity index (χ3n) is 6.57. The maximum absolute atomic E-state index is 14.1. The Morgan fingerprint density at radius 3 is 2.32 bits per heavy atom. The molecule has 1 saturated heterocycles. The number of nitrogens with one attached hydrogen (secondary N) is 1. The number of carbonyl (C=O) groups is 2. The van der Waals surface area contributed by atoms with E-state index >= 15 is 0 Å². The summed E-state index contributed by atoms with van der Waals surface area (Å²) < 4.78 is 29.6. The molecule has 1 aliphatic rings. The van der Waals surface area contributed by atoms with Crippen molar-refractivity contribution in [1.82, 2.24) is 30.2 Å². The average molecular weight is 513 g/mol. The number of aromatic nitrogens is 4. The van der Waals surface area contributed by atoms with Crippen LogP contribution in [0.4, 0.5) is 8.78 Å².